The average Bonchev–Trinajstić information content (AvgIpc) is 3.45. The van der Waals surface area contributed by atoms with Gasteiger partial charge in [-0.05, 0) is 110 Å². The molecule has 0 aromatic carbocycles. The van der Waals surface area contributed by atoms with Crippen LogP contribution in [0.25, 0.3) is 0 Å². The first-order valence-corrected chi connectivity index (χ1v) is 11.1. The predicted molar refractivity (Wildman–Crippen MR) is 94.6 cm³/mol. The van der Waals surface area contributed by atoms with Crippen molar-refractivity contribution < 1.29 is 9.90 Å². The van der Waals surface area contributed by atoms with Crippen LogP contribution in [-0.4, -0.2) is 11.1 Å². The third-order valence-electron chi connectivity index (χ3n) is 11.1. The van der Waals surface area contributed by atoms with Crippen molar-refractivity contribution in [3.8, 4) is 0 Å². The Morgan fingerprint density at radius 2 is 1.76 bits per heavy atom. The van der Waals surface area contributed by atoms with Crippen molar-refractivity contribution in [3.05, 3.63) is 12.2 Å². The molecule has 11 atom stereocenters. The highest BCUT2D eigenvalue weighted by molar-refractivity contribution is 5.78. The molecule has 7 aliphatic rings. The molecule has 11 unspecified atom stereocenters. The second-order valence-electron chi connectivity index (χ2n) is 11.0. The lowest BCUT2D eigenvalue weighted by molar-refractivity contribution is -0.175. The monoisotopic (exact) mass is 338 g/mol. The van der Waals surface area contributed by atoms with E-state index in [0.717, 1.165) is 53.8 Å². The van der Waals surface area contributed by atoms with Crippen LogP contribution in [0.4, 0.5) is 0 Å². The van der Waals surface area contributed by atoms with Crippen molar-refractivity contribution in [2.75, 3.05) is 0 Å². The zero-order valence-corrected chi connectivity index (χ0v) is 15.1. The van der Waals surface area contributed by atoms with E-state index in [1.165, 1.54) is 51.4 Å². The van der Waals surface area contributed by atoms with E-state index < -0.39 is 0 Å². The Hall–Kier alpha value is -0.790. The molecule has 0 aromatic heterocycles. The standard InChI is InChI=1S/C23H30O2/c24-21(25)23(22-7-6-14(10-22)16-2-1-3-17(16)22)11-15-9-18(23)20-13-5-4-12(8-13)19(15)20/h4-5,12-20H,1-3,6-11H2,(H,24,25). The van der Waals surface area contributed by atoms with Crippen molar-refractivity contribution in [1.82, 2.24) is 0 Å². The van der Waals surface area contributed by atoms with Gasteiger partial charge in [-0.1, -0.05) is 18.6 Å². The maximum atomic E-state index is 13.0. The Morgan fingerprint density at radius 1 is 0.920 bits per heavy atom. The molecular weight excluding hydrogens is 308 g/mol. The molecule has 0 heterocycles. The summed E-state index contributed by atoms with van der Waals surface area (Å²) in [7, 11) is 0. The molecule has 0 saturated heterocycles. The summed E-state index contributed by atoms with van der Waals surface area (Å²) in [5, 5.41) is 10.8. The molecule has 2 heteroatoms. The van der Waals surface area contributed by atoms with Gasteiger partial charge in [0.05, 0.1) is 5.41 Å². The highest BCUT2D eigenvalue weighted by atomic mass is 16.4. The zero-order chi connectivity index (χ0) is 16.6. The van der Waals surface area contributed by atoms with Crippen LogP contribution in [0.2, 0.25) is 0 Å². The van der Waals surface area contributed by atoms with E-state index in [4.69, 9.17) is 0 Å². The van der Waals surface area contributed by atoms with E-state index >= 15 is 0 Å². The minimum absolute atomic E-state index is 0.181. The van der Waals surface area contributed by atoms with Crippen LogP contribution >= 0.6 is 0 Å². The highest BCUT2D eigenvalue weighted by Gasteiger charge is 2.78. The minimum Gasteiger partial charge on any atom is -0.481 e. The molecule has 6 fully saturated rings. The first kappa shape index (κ1) is 14.3. The van der Waals surface area contributed by atoms with Gasteiger partial charge in [0.2, 0.25) is 0 Å². The molecule has 25 heavy (non-hydrogen) atoms. The number of rotatable bonds is 2. The summed E-state index contributed by atoms with van der Waals surface area (Å²) >= 11 is 0. The van der Waals surface area contributed by atoms with Gasteiger partial charge in [-0.15, -0.1) is 0 Å². The topological polar surface area (TPSA) is 37.3 Å². The van der Waals surface area contributed by atoms with Crippen LogP contribution in [0, 0.1) is 64.1 Å². The van der Waals surface area contributed by atoms with E-state index in [1.54, 1.807) is 0 Å². The van der Waals surface area contributed by atoms with E-state index in [-0.39, 0.29) is 16.8 Å². The second kappa shape index (κ2) is 4.20. The molecule has 0 radical (unpaired) electrons. The molecule has 6 bridgehead atoms. The quantitative estimate of drug-likeness (QED) is 0.582. The predicted octanol–water partition coefficient (Wildman–Crippen LogP) is 4.75. The lowest BCUT2D eigenvalue weighted by atomic mass is 9.47. The molecular formula is C23H30O2. The Bertz CT molecular complexity index is 696. The fourth-order valence-corrected chi connectivity index (χ4v) is 10.9. The Kier molecular flexibility index (Phi) is 2.40. The van der Waals surface area contributed by atoms with Gasteiger partial charge < -0.3 is 5.11 Å². The SMILES string of the molecule is O=C(O)C1(C23CCC(C2)C2CCCC23)CC2CC1C1C3C=CC(C3)C21. The van der Waals surface area contributed by atoms with E-state index in [0.29, 0.717) is 5.92 Å². The van der Waals surface area contributed by atoms with Gasteiger partial charge in [-0.2, -0.15) is 0 Å². The van der Waals surface area contributed by atoms with Gasteiger partial charge in [0.1, 0.15) is 0 Å². The van der Waals surface area contributed by atoms with Crippen LogP contribution in [0.1, 0.15) is 57.8 Å². The maximum absolute atomic E-state index is 13.0. The van der Waals surface area contributed by atoms with Crippen molar-refractivity contribution in [1.29, 1.82) is 0 Å². The van der Waals surface area contributed by atoms with Gasteiger partial charge in [0, 0.05) is 0 Å². The Balaban J connectivity index is 1.38. The lowest BCUT2D eigenvalue weighted by Crippen LogP contribution is -2.56. The second-order valence-corrected chi connectivity index (χ2v) is 11.0. The number of aliphatic carboxylic acids is 1. The van der Waals surface area contributed by atoms with E-state index in [2.05, 4.69) is 12.2 Å². The van der Waals surface area contributed by atoms with Gasteiger partial charge >= 0.3 is 5.97 Å². The van der Waals surface area contributed by atoms with Crippen molar-refractivity contribution >= 4 is 5.97 Å². The maximum Gasteiger partial charge on any atom is 0.310 e. The molecule has 0 aliphatic heterocycles. The molecule has 134 valence electrons. The third kappa shape index (κ3) is 1.31. The van der Waals surface area contributed by atoms with Crippen LogP contribution < -0.4 is 0 Å². The van der Waals surface area contributed by atoms with Crippen molar-refractivity contribution in [2.24, 2.45) is 64.1 Å². The smallest absolute Gasteiger partial charge is 0.310 e. The Labute approximate surface area is 150 Å². The van der Waals surface area contributed by atoms with E-state index in [9.17, 15) is 9.90 Å². The molecule has 0 spiro atoms. The number of fused-ring (bicyclic) bond motifs is 14. The fraction of sp³-hybridized carbons (Fsp3) is 0.870. The molecule has 6 saturated carbocycles. The highest BCUT2D eigenvalue weighted by Crippen LogP contribution is 2.81. The first-order valence-electron chi connectivity index (χ1n) is 11.1. The number of carboxylic acids is 1. The number of carbonyl (C=O) groups is 1. The van der Waals surface area contributed by atoms with Crippen molar-refractivity contribution in [2.45, 2.75) is 57.8 Å². The normalized spacial score (nSPS) is 65.0. The summed E-state index contributed by atoms with van der Waals surface area (Å²) in [6.07, 6.45) is 16.6. The molecule has 7 rings (SSSR count). The summed E-state index contributed by atoms with van der Waals surface area (Å²) < 4.78 is 0. The average molecular weight is 338 g/mol. The molecule has 2 nitrogen and oxygen atoms in total. The van der Waals surface area contributed by atoms with Crippen LogP contribution in [-0.2, 0) is 4.79 Å². The number of carboxylic acid groups (broad SMARTS) is 1. The summed E-state index contributed by atoms with van der Waals surface area (Å²) in [6, 6.07) is 0. The summed E-state index contributed by atoms with van der Waals surface area (Å²) in [6.45, 7) is 0. The van der Waals surface area contributed by atoms with Crippen molar-refractivity contribution in [3.63, 3.8) is 0 Å². The molecule has 0 amide bonds. The number of hydrogen-bond acceptors (Lipinski definition) is 1. The third-order valence-corrected chi connectivity index (χ3v) is 11.1. The van der Waals surface area contributed by atoms with Gasteiger partial charge in [-0.25, -0.2) is 0 Å². The zero-order valence-electron chi connectivity index (χ0n) is 15.1. The molecule has 7 aliphatic carbocycles. The Morgan fingerprint density at radius 3 is 2.60 bits per heavy atom. The van der Waals surface area contributed by atoms with Gasteiger partial charge in [0.15, 0.2) is 0 Å². The van der Waals surface area contributed by atoms with Gasteiger partial charge in [-0.3, -0.25) is 4.79 Å². The largest absolute Gasteiger partial charge is 0.481 e. The van der Waals surface area contributed by atoms with Crippen LogP contribution in [0.5, 0.6) is 0 Å². The number of hydrogen-bond donors (Lipinski definition) is 1. The fourth-order valence-electron chi connectivity index (χ4n) is 10.9. The molecule has 0 aromatic rings. The van der Waals surface area contributed by atoms with Gasteiger partial charge in [0.25, 0.3) is 0 Å². The summed E-state index contributed by atoms with van der Waals surface area (Å²) in [5.41, 5.74) is -0.170. The lowest BCUT2D eigenvalue weighted by Gasteiger charge is -2.55. The summed E-state index contributed by atoms with van der Waals surface area (Å²) in [5.74, 6) is 6.46. The van der Waals surface area contributed by atoms with Crippen LogP contribution in [0.3, 0.4) is 0 Å². The van der Waals surface area contributed by atoms with Crippen LogP contribution in [0.15, 0.2) is 12.2 Å². The first-order chi connectivity index (χ1) is 12.2. The van der Waals surface area contributed by atoms with E-state index in [1.807, 2.05) is 0 Å². The molecule has 1 N–H and O–H groups in total. The minimum atomic E-state index is -0.376. The summed E-state index contributed by atoms with van der Waals surface area (Å²) in [4.78, 5) is 13.0. The number of allylic oxidation sites excluding steroid dienone is 2.